The van der Waals surface area contributed by atoms with Crippen LogP contribution >= 0.6 is 0 Å². The van der Waals surface area contributed by atoms with Crippen LogP contribution in [0.4, 0.5) is 0 Å². The maximum atomic E-state index is 5.41. The topological polar surface area (TPSA) is 18.5 Å². The van der Waals surface area contributed by atoms with Crippen molar-refractivity contribution in [2.75, 3.05) is 13.2 Å². The molecule has 0 unspecified atom stereocenters. The minimum absolute atomic E-state index is 0.124. The van der Waals surface area contributed by atoms with E-state index in [4.69, 9.17) is 9.16 Å². The average molecular weight is 200 g/mol. The van der Waals surface area contributed by atoms with E-state index < -0.39 is 0 Å². The largest absolute Gasteiger partial charge is 0.421 e. The minimum Gasteiger partial charge on any atom is -0.421 e. The van der Waals surface area contributed by atoms with E-state index in [1.165, 1.54) is 0 Å². The Morgan fingerprint density at radius 1 is 1.31 bits per heavy atom. The molecule has 0 heterocycles. The van der Waals surface area contributed by atoms with Gasteiger partial charge in [0.1, 0.15) is 10.5 Å². The summed E-state index contributed by atoms with van der Waals surface area (Å²) < 4.78 is 10.8. The van der Waals surface area contributed by atoms with E-state index in [-0.39, 0.29) is 5.60 Å². The Morgan fingerprint density at radius 3 is 2.54 bits per heavy atom. The zero-order valence-corrected chi connectivity index (χ0v) is 11.0. The SMILES string of the molecule is C/C=C/C=C/COCC(C)(C)O[SiH3]. The molecule has 0 aliphatic carbocycles. The summed E-state index contributed by atoms with van der Waals surface area (Å²) in [5.41, 5.74) is -0.124. The molecule has 0 aromatic rings. The van der Waals surface area contributed by atoms with Crippen molar-refractivity contribution in [2.45, 2.75) is 26.4 Å². The van der Waals surface area contributed by atoms with E-state index >= 15 is 0 Å². The standard InChI is InChI=1S/C10H20O2Si/c1-4-5-6-7-8-11-9-10(2,3)12-13/h4-7H,8-9H2,1-3,13H3/b5-4+,7-6+. The molecule has 0 fully saturated rings. The zero-order valence-electron chi connectivity index (χ0n) is 9.04. The Kier molecular flexibility index (Phi) is 6.85. The van der Waals surface area contributed by atoms with Crippen molar-refractivity contribution in [3.05, 3.63) is 24.3 Å². The van der Waals surface area contributed by atoms with Crippen LogP contribution in [0.25, 0.3) is 0 Å². The normalized spacial score (nSPS) is 13.5. The van der Waals surface area contributed by atoms with Gasteiger partial charge in [0.2, 0.25) is 0 Å². The Bertz CT molecular complexity index is 174. The highest BCUT2D eigenvalue weighted by Gasteiger charge is 2.14. The molecule has 0 aliphatic rings. The van der Waals surface area contributed by atoms with Gasteiger partial charge in [-0.3, -0.25) is 0 Å². The molecule has 76 valence electrons. The van der Waals surface area contributed by atoms with Crippen LogP contribution in [-0.2, 0) is 9.16 Å². The second kappa shape index (κ2) is 7.06. The van der Waals surface area contributed by atoms with Crippen molar-refractivity contribution in [3.8, 4) is 0 Å². The van der Waals surface area contributed by atoms with Gasteiger partial charge < -0.3 is 9.16 Å². The number of rotatable bonds is 6. The molecule has 0 bridgehead atoms. The van der Waals surface area contributed by atoms with Crippen molar-refractivity contribution >= 4 is 10.5 Å². The van der Waals surface area contributed by atoms with Crippen molar-refractivity contribution < 1.29 is 9.16 Å². The van der Waals surface area contributed by atoms with Gasteiger partial charge in [-0.25, -0.2) is 0 Å². The van der Waals surface area contributed by atoms with E-state index in [0.29, 0.717) is 13.2 Å². The third kappa shape index (κ3) is 7.96. The van der Waals surface area contributed by atoms with Gasteiger partial charge in [-0.15, -0.1) is 0 Å². The molecule has 0 N–H and O–H groups in total. The maximum absolute atomic E-state index is 5.41. The summed E-state index contributed by atoms with van der Waals surface area (Å²) in [7, 11) is 0.758. The van der Waals surface area contributed by atoms with Crippen LogP contribution in [0.5, 0.6) is 0 Å². The number of hydrogen-bond donors (Lipinski definition) is 0. The molecule has 0 spiro atoms. The summed E-state index contributed by atoms with van der Waals surface area (Å²) >= 11 is 0. The van der Waals surface area contributed by atoms with Crippen LogP contribution in [0, 0.1) is 0 Å². The molecule has 0 amide bonds. The van der Waals surface area contributed by atoms with Gasteiger partial charge in [0, 0.05) is 0 Å². The third-order valence-electron chi connectivity index (χ3n) is 1.66. The first-order valence-corrected chi connectivity index (χ1v) is 5.35. The number of ether oxygens (including phenoxy) is 1. The number of allylic oxidation sites excluding steroid dienone is 3. The maximum Gasteiger partial charge on any atom is 0.146 e. The van der Waals surface area contributed by atoms with Crippen molar-refractivity contribution in [1.29, 1.82) is 0 Å². The van der Waals surface area contributed by atoms with E-state index in [1.54, 1.807) is 0 Å². The van der Waals surface area contributed by atoms with Gasteiger partial charge in [0.15, 0.2) is 0 Å². The van der Waals surface area contributed by atoms with Crippen LogP contribution in [0.3, 0.4) is 0 Å². The second-order valence-corrected chi connectivity index (χ2v) is 3.84. The van der Waals surface area contributed by atoms with Gasteiger partial charge in [-0.2, -0.15) is 0 Å². The summed E-state index contributed by atoms with van der Waals surface area (Å²) in [5, 5.41) is 0. The van der Waals surface area contributed by atoms with E-state index in [2.05, 4.69) is 0 Å². The zero-order chi connectivity index (χ0) is 10.2. The lowest BCUT2D eigenvalue weighted by molar-refractivity contribution is 0.0116. The van der Waals surface area contributed by atoms with Gasteiger partial charge >= 0.3 is 0 Å². The van der Waals surface area contributed by atoms with Crippen LogP contribution in [0.1, 0.15) is 20.8 Å². The molecule has 13 heavy (non-hydrogen) atoms. The fourth-order valence-electron chi connectivity index (χ4n) is 0.677. The monoisotopic (exact) mass is 200 g/mol. The predicted molar refractivity (Wildman–Crippen MR) is 59.9 cm³/mol. The lowest BCUT2D eigenvalue weighted by Crippen LogP contribution is -2.29. The molecule has 0 saturated carbocycles. The quantitative estimate of drug-likeness (QED) is 0.364. The Hall–Kier alpha value is -0.383. The smallest absolute Gasteiger partial charge is 0.146 e. The van der Waals surface area contributed by atoms with E-state index in [1.807, 2.05) is 45.1 Å². The van der Waals surface area contributed by atoms with Gasteiger partial charge in [-0.1, -0.05) is 24.3 Å². The van der Waals surface area contributed by atoms with Crippen molar-refractivity contribution in [3.63, 3.8) is 0 Å². The average Bonchev–Trinajstić information content (AvgIpc) is 2.11. The van der Waals surface area contributed by atoms with Crippen LogP contribution in [0.15, 0.2) is 24.3 Å². The molecular weight excluding hydrogens is 180 g/mol. The molecule has 0 aromatic carbocycles. The third-order valence-corrected chi connectivity index (χ3v) is 2.76. The molecular formula is C10H20O2Si. The van der Waals surface area contributed by atoms with Crippen LogP contribution in [0.2, 0.25) is 0 Å². The molecule has 0 rings (SSSR count). The molecule has 0 radical (unpaired) electrons. The first-order chi connectivity index (χ1) is 6.12. The fraction of sp³-hybridized carbons (Fsp3) is 0.600. The summed E-state index contributed by atoms with van der Waals surface area (Å²) in [5.74, 6) is 0. The molecule has 2 nitrogen and oxygen atoms in total. The molecule has 0 aromatic heterocycles. The van der Waals surface area contributed by atoms with Gasteiger partial charge in [0.05, 0.1) is 18.8 Å². The first-order valence-electron chi connectivity index (χ1n) is 4.53. The number of hydrogen-bond acceptors (Lipinski definition) is 2. The van der Waals surface area contributed by atoms with Crippen molar-refractivity contribution in [1.82, 2.24) is 0 Å². The Morgan fingerprint density at radius 2 is 2.00 bits per heavy atom. The van der Waals surface area contributed by atoms with Crippen molar-refractivity contribution in [2.24, 2.45) is 0 Å². The summed E-state index contributed by atoms with van der Waals surface area (Å²) in [4.78, 5) is 0. The molecule has 3 heteroatoms. The predicted octanol–water partition coefficient (Wildman–Crippen LogP) is 1.21. The lowest BCUT2D eigenvalue weighted by Gasteiger charge is -2.22. The van der Waals surface area contributed by atoms with Crippen LogP contribution in [-0.4, -0.2) is 29.3 Å². The highest BCUT2D eigenvalue weighted by Crippen LogP contribution is 2.06. The Balaban J connectivity index is 3.45. The summed E-state index contributed by atoms with van der Waals surface area (Å²) in [6, 6.07) is 0. The molecule has 0 atom stereocenters. The fourth-order valence-corrected chi connectivity index (χ4v) is 0.795. The summed E-state index contributed by atoms with van der Waals surface area (Å²) in [6.45, 7) is 7.37. The lowest BCUT2D eigenvalue weighted by atomic mass is 10.2. The van der Waals surface area contributed by atoms with Gasteiger partial charge in [-0.05, 0) is 20.8 Å². The second-order valence-electron chi connectivity index (χ2n) is 3.43. The van der Waals surface area contributed by atoms with Gasteiger partial charge in [0.25, 0.3) is 0 Å². The van der Waals surface area contributed by atoms with E-state index in [9.17, 15) is 0 Å². The highest BCUT2D eigenvalue weighted by atomic mass is 28.2. The van der Waals surface area contributed by atoms with Crippen LogP contribution < -0.4 is 0 Å². The molecule has 0 saturated heterocycles. The highest BCUT2D eigenvalue weighted by molar-refractivity contribution is 5.98. The minimum atomic E-state index is -0.124. The molecule has 0 aliphatic heterocycles. The summed E-state index contributed by atoms with van der Waals surface area (Å²) in [6.07, 6.45) is 7.94. The van der Waals surface area contributed by atoms with E-state index in [0.717, 1.165) is 10.5 Å². The Labute approximate surface area is 84.2 Å². The first kappa shape index (κ1) is 12.6.